The van der Waals surface area contributed by atoms with Crippen molar-refractivity contribution in [1.82, 2.24) is 4.98 Å². The highest BCUT2D eigenvalue weighted by Gasteiger charge is 2.08. The van der Waals surface area contributed by atoms with E-state index in [1.54, 1.807) is 29.8 Å². The Bertz CT molecular complexity index is 1070. The van der Waals surface area contributed by atoms with Gasteiger partial charge in [0.25, 0.3) is 0 Å². The van der Waals surface area contributed by atoms with Crippen LogP contribution in [0, 0.1) is 0 Å². The smallest absolute Gasteiger partial charge is 0.229 e. The monoisotopic (exact) mass is 421 g/mol. The Kier molecular flexibility index (Phi) is 5.88. The van der Waals surface area contributed by atoms with Crippen molar-refractivity contribution in [2.75, 3.05) is 17.7 Å². The summed E-state index contributed by atoms with van der Waals surface area (Å²) >= 11 is 3.13. The Morgan fingerprint density at radius 3 is 2.45 bits per heavy atom. The summed E-state index contributed by atoms with van der Waals surface area (Å²) in [6.07, 6.45) is 0.395. The van der Waals surface area contributed by atoms with Crippen LogP contribution in [0.25, 0.3) is 11.3 Å². The SMILES string of the molecule is COc1ccc(Nc2nc(-c3ccc(NC(=O)Cc4cccs4)cc3)cs2)cc1. The number of methoxy groups -OCH3 is 1. The zero-order valence-electron chi connectivity index (χ0n) is 15.7. The quantitative estimate of drug-likeness (QED) is 0.396. The second-order valence-electron chi connectivity index (χ2n) is 6.27. The molecule has 1 amide bonds. The lowest BCUT2D eigenvalue weighted by Gasteiger charge is -2.05. The van der Waals surface area contributed by atoms with Crippen molar-refractivity contribution in [2.45, 2.75) is 6.42 Å². The summed E-state index contributed by atoms with van der Waals surface area (Å²) in [5, 5.41) is 11.0. The van der Waals surface area contributed by atoms with E-state index in [-0.39, 0.29) is 5.91 Å². The molecule has 7 heteroatoms. The fraction of sp³-hybridized carbons (Fsp3) is 0.0909. The molecule has 0 spiro atoms. The van der Waals surface area contributed by atoms with Gasteiger partial charge in [-0.1, -0.05) is 18.2 Å². The van der Waals surface area contributed by atoms with E-state index in [0.29, 0.717) is 6.42 Å². The van der Waals surface area contributed by atoms with Gasteiger partial charge in [0, 0.05) is 27.2 Å². The maximum Gasteiger partial charge on any atom is 0.229 e. The van der Waals surface area contributed by atoms with Gasteiger partial charge < -0.3 is 15.4 Å². The minimum absolute atomic E-state index is 0.0140. The average Bonchev–Trinajstić information content (AvgIpc) is 3.41. The summed E-state index contributed by atoms with van der Waals surface area (Å²) in [6.45, 7) is 0. The predicted octanol–water partition coefficient (Wildman–Crippen LogP) is 5.81. The van der Waals surface area contributed by atoms with Crippen LogP contribution in [0.5, 0.6) is 5.75 Å². The van der Waals surface area contributed by atoms with E-state index < -0.39 is 0 Å². The van der Waals surface area contributed by atoms with Crippen LogP contribution in [0.3, 0.4) is 0 Å². The summed E-state index contributed by atoms with van der Waals surface area (Å²) in [7, 11) is 1.65. The van der Waals surface area contributed by atoms with Gasteiger partial charge in [0.2, 0.25) is 5.91 Å². The number of carbonyl (C=O) groups excluding carboxylic acids is 1. The van der Waals surface area contributed by atoms with E-state index in [0.717, 1.165) is 38.4 Å². The summed E-state index contributed by atoms with van der Waals surface area (Å²) in [6, 6.07) is 19.4. The number of anilines is 3. The molecule has 0 radical (unpaired) electrons. The number of nitrogens with zero attached hydrogens (tertiary/aromatic N) is 1. The van der Waals surface area contributed by atoms with Crippen LogP contribution < -0.4 is 15.4 Å². The lowest BCUT2D eigenvalue weighted by Crippen LogP contribution is -2.13. The molecule has 2 aromatic heterocycles. The van der Waals surface area contributed by atoms with Crippen LogP contribution >= 0.6 is 22.7 Å². The number of benzene rings is 2. The van der Waals surface area contributed by atoms with E-state index in [9.17, 15) is 4.79 Å². The van der Waals surface area contributed by atoms with Crippen LogP contribution in [-0.2, 0) is 11.2 Å². The first kappa shape index (κ1) is 19.2. The molecule has 29 heavy (non-hydrogen) atoms. The zero-order valence-corrected chi connectivity index (χ0v) is 17.3. The van der Waals surface area contributed by atoms with E-state index >= 15 is 0 Å². The highest BCUT2D eigenvalue weighted by Crippen LogP contribution is 2.28. The number of nitrogens with one attached hydrogen (secondary N) is 2. The first-order valence-electron chi connectivity index (χ1n) is 8.99. The van der Waals surface area contributed by atoms with Crippen molar-refractivity contribution >= 4 is 45.1 Å². The van der Waals surface area contributed by atoms with Gasteiger partial charge in [-0.05, 0) is 47.8 Å². The molecule has 2 aromatic carbocycles. The maximum atomic E-state index is 12.1. The number of thiazole rings is 1. The minimum Gasteiger partial charge on any atom is -0.497 e. The molecule has 0 unspecified atom stereocenters. The molecular formula is C22H19N3O2S2. The topological polar surface area (TPSA) is 63.2 Å². The number of rotatable bonds is 7. The summed E-state index contributed by atoms with van der Waals surface area (Å²) in [5.41, 5.74) is 3.63. The Labute approximate surface area is 177 Å². The van der Waals surface area contributed by atoms with Gasteiger partial charge in [0.1, 0.15) is 5.75 Å². The minimum atomic E-state index is -0.0140. The largest absolute Gasteiger partial charge is 0.497 e. The van der Waals surface area contributed by atoms with E-state index in [2.05, 4.69) is 15.6 Å². The van der Waals surface area contributed by atoms with Crippen molar-refractivity contribution in [3.05, 3.63) is 76.3 Å². The van der Waals surface area contributed by atoms with Crippen LogP contribution in [0.1, 0.15) is 4.88 Å². The molecule has 0 fully saturated rings. The standard InChI is InChI=1S/C22H19N3O2S2/c1-27-18-10-8-17(9-11-18)24-22-25-20(14-29-22)15-4-6-16(7-5-15)23-21(26)13-19-3-2-12-28-19/h2-12,14H,13H2,1H3,(H,23,26)(H,24,25). The van der Waals surface area contributed by atoms with Gasteiger partial charge in [0.05, 0.1) is 19.2 Å². The summed E-state index contributed by atoms with van der Waals surface area (Å²) in [4.78, 5) is 17.8. The molecule has 4 aromatic rings. The molecule has 0 atom stereocenters. The lowest BCUT2D eigenvalue weighted by molar-refractivity contribution is -0.115. The lowest BCUT2D eigenvalue weighted by atomic mass is 10.1. The van der Waals surface area contributed by atoms with E-state index in [4.69, 9.17) is 4.74 Å². The second-order valence-corrected chi connectivity index (χ2v) is 8.16. The molecule has 0 bridgehead atoms. The number of hydrogen-bond acceptors (Lipinski definition) is 6. The Hall–Kier alpha value is -3.16. The molecule has 0 saturated carbocycles. The van der Waals surface area contributed by atoms with Crippen molar-refractivity contribution in [3.8, 4) is 17.0 Å². The molecule has 0 saturated heterocycles. The Morgan fingerprint density at radius 2 is 1.76 bits per heavy atom. The van der Waals surface area contributed by atoms with Gasteiger partial charge in [-0.3, -0.25) is 4.79 Å². The summed E-state index contributed by atoms with van der Waals surface area (Å²) in [5.74, 6) is 0.804. The van der Waals surface area contributed by atoms with Gasteiger partial charge in [-0.15, -0.1) is 22.7 Å². The van der Waals surface area contributed by atoms with Crippen LogP contribution in [0.15, 0.2) is 71.4 Å². The molecule has 0 aliphatic heterocycles. The maximum absolute atomic E-state index is 12.1. The number of aromatic nitrogens is 1. The highest BCUT2D eigenvalue weighted by atomic mass is 32.1. The molecule has 0 aliphatic carbocycles. The highest BCUT2D eigenvalue weighted by molar-refractivity contribution is 7.14. The van der Waals surface area contributed by atoms with Crippen molar-refractivity contribution in [1.29, 1.82) is 0 Å². The van der Waals surface area contributed by atoms with E-state index in [1.165, 1.54) is 0 Å². The third kappa shape index (κ3) is 5.01. The van der Waals surface area contributed by atoms with Gasteiger partial charge in [-0.25, -0.2) is 4.98 Å². The summed E-state index contributed by atoms with van der Waals surface area (Å²) < 4.78 is 5.17. The van der Waals surface area contributed by atoms with Crippen LogP contribution in [-0.4, -0.2) is 18.0 Å². The number of thiophene rings is 1. The van der Waals surface area contributed by atoms with E-state index in [1.807, 2.05) is 71.4 Å². The van der Waals surface area contributed by atoms with Gasteiger partial charge in [-0.2, -0.15) is 0 Å². The molecule has 5 nitrogen and oxygen atoms in total. The van der Waals surface area contributed by atoms with Gasteiger partial charge >= 0.3 is 0 Å². The third-order valence-corrected chi connectivity index (χ3v) is 5.86. The Balaban J connectivity index is 1.38. The molecule has 2 N–H and O–H groups in total. The van der Waals surface area contributed by atoms with Crippen molar-refractivity contribution in [2.24, 2.45) is 0 Å². The zero-order chi connectivity index (χ0) is 20.1. The van der Waals surface area contributed by atoms with Crippen LogP contribution in [0.4, 0.5) is 16.5 Å². The van der Waals surface area contributed by atoms with Crippen molar-refractivity contribution < 1.29 is 9.53 Å². The second kappa shape index (κ2) is 8.89. The number of amides is 1. The third-order valence-electron chi connectivity index (χ3n) is 4.22. The van der Waals surface area contributed by atoms with Crippen LogP contribution in [0.2, 0.25) is 0 Å². The molecule has 146 valence electrons. The average molecular weight is 422 g/mol. The fourth-order valence-electron chi connectivity index (χ4n) is 2.76. The number of ether oxygens (including phenoxy) is 1. The molecular weight excluding hydrogens is 402 g/mol. The van der Waals surface area contributed by atoms with Crippen molar-refractivity contribution in [3.63, 3.8) is 0 Å². The number of hydrogen-bond donors (Lipinski definition) is 2. The fourth-order valence-corrected chi connectivity index (χ4v) is 4.21. The molecule has 0 aliphatic rings. The molecule has 2 heterocycles. The first-order chi connectivity index (χ1) is 14.2. The normalized spacial score (nSPS) is 10.5. The van der Waals surface area contributed by atoms with Gasteiger partial charge in [0.15, 0.2) is 5.13 Å². The Morgan fingerprint density at radius 1 is 1.00 bits per heavy atom. The predicted molar refractivity (Wildman–Crippen MR) is 120 cm³/mol. The molecule has 4 rings (SSSR count). The number of carbonyl (C=O) groups is 1. The first-order valence-corrected chi connectivity index (χ1v) is 10.7.